The van der Waals surface area contributed by atoms with Crippen LogP contribution in [0.4, 0.5) is 5.13 Å². The number of aromatic nitrogens is 2. The molecule has 1 aromatic heterocycles. The van der Waals surface area contributed by atoms with Gasteiger partial charge in [0.2, 0.25) is 5.13 Å². The minimum absolute atomic E-state index is 0.216. The highest BCUT2D eigenvalue weighted by Gasteiger charge is 2.11. The Balaban J connectivity index is 2.01. The number of carbonyl (C=O) groups excluding carboxylic acids is 1. The molecule has 1 aromatic carbocycles. The molecule has 0 bridgehead atoms. The second-order valence-electron chi connectivity index (χ2n) is 3.91. The van der Waals surface area contributed by atoms with Gasteiger partial charge in [-0.1, -0.05) is 36.1 Å². The van der Waals surface area contributed by atoms with Gasteiger partial charge in [-0.15, -0.1) is 10.2 Å². The van der Waals surface area contributed by atoms with Gasteiger partial charge >= 0.3 is 0 Å². The molecule has 1 amide bonds. The van der Waals surface area contributed by atoms with Gasteiger partial charge in [0, 0.05) is 11.3 Å². The first-order chi connectivity index (χ1) is 9.72. The molecule has 20 heavy (non-hydrogen) atoms. The Morgan fingerprint density at radius 1 is 1.45 bits per heavy atom. The molecule has 2 rings (SSSR count). The largest absolute Gasteiger partial charge is 0.497 e. The first kappa shape index (κ1) is 14.8. The number of thioether (sulfide) groups is 1. The van der Waals surface area contributed by atoms with E-state index in [1.807, 2.05) is 0 Å². The number of nitrogens with zero attached hydrogens (tertiary/aromatic N) is 2. The van der Waals surface area contributed by atoms with Crippen LogP contribution in [0.1, 0.15) is 23.7 Å². The van der Waals surface area contributed by atoms with Crippen molar-refractivity contribution in [1.29, 1.82) is 0 Å². The number of methoxy groups -OCH3 is 1. The number of carbonyl (C=O) groups is 1. The van der Waals surface area contributed by atoms with E-state index in [9.17, 15) is 4.79 Å². The summed E-state index contributed by atoms with van der Waals surface area (Å²) in [7, 11) is 1.57. The van der Waals surface area contributed by atoms with Crippen LogP contribution in [0.3, 0.4) is 0 Å². The van der Waals surface area contributed by atoms with Crippen molar-refractivity contribution in [3.63, 3.8) is 0 Å². The molecule has 0 saturated heterocycles. The fourth-order valence-corrected chi connectivity index (χ4v) is 3.11. The van der Waals surface area contributed by atoms with Crippen molar-refractivity contribution >= 4 is 34.1 Å². The van der Waals surface area contributed by atoms with Crippen LogP contribution in [0.2, 0.25) is 0 Å². The van der Waals surface area contributed by atoms with Crippen LogP contribution in [-0.2, 0) is 0 Å². The van der Waals surface area contributed by atoms with Crippen LogP contribution in [0.15, 0.2) is 28.6 Å². The van der Waals surface area contributed by atoms with Crippen molar-refractivity contribution in [3.05, 3.63) is 29.8 Å². The van der Waals surface area contributed by atoms with E-state index in [1.54, 1.807) is 43.1 Å². The maximum absolute atomic E-state index is 12.1. The van der Waals surface area contributed by atoms with Crippen LogP contribution < -0.4 is 10.1 Å². The van der Waals surface area contributed by atoms with Gasteiger partial charge in [0.25, 0.3) is 5.91 Å². The molecule has 0 aliphatic rings. The third-order valence-electron chi connectivity index (χ3n) is 2.39. The van der Waals surface area contributed by atoms with E-state index >= 15 is 0 Å². The molecule has 5 nitrogen and oxygen atoms in total. The Morgan fingerprint density at radius 2 is 2.30 bits per heavy atom. The molecule has 0 radical (unpaired) electrons. The van der Waals surface area contributed by atoms with E-state index in [0.29, 0.717) is 16.4 Å². The molecule has 106 valence electrons. The molecule has 0 spiro atoms. The van der Waals surface area contributed by atoms with Crippen LogP contribution in [0, 0.1) is 0 Å². The standard InChI is InChI=1S/C13H15N3O2S2/c1-3-7-19-13-16-15-12(20-13)14-11(17)9-5-4-6-10(8-9)18-2/h4-6,8H,3,7H2,1-2H3,(H,14,15,17). The quantitative estimate of drug-likeness (QED) is 0.655. The highest BCUT2D eigenvalue weighted by atomic mass is 32.2. The predicted molar refractivity (Wildman–Crippen MR) is 81.9 cm³/mol. The number of amides is 1. The van der Waals surface area contributed by atoms with Gasteiger partial charge in [-0.3, -0.25) is 10.1 Å². The Labute approximate surface area is 125 Å². The van der Waals surface area contributed by atoms with Crippen LogP contribution >= 0.6 is 23.1 Å². The lowest BCUT2D eigenvalue weighted by Gasteiger charge is -2.03. The van der Waals surface area contributed by atoms with Crippen molar-refractivity contribution in [1.82, 2.24) is 10.2 Å². The second kappa shape index (κ2) is 7.25. The number of anilines is 1. The summed E-state index contributed by atoms with van der Waals surface area (Å²) in [5, 5.41) is 11.2. The lowest BCUT2D eigenvalue weighted by atomic mass is 10.2. The maximum atomic E-state index is 12.1. The highest BCUT2D eigenvalue weighted by molar-refractivity contribution is 8.01. The second-order valence-corrected chi connectivity index (χ2v) is 6.23. The minimum atomic E-state index is -0.216. The van der Waals surface area contributed by atoms with E-state index in [2.05, 4.69) is 22.4 Å². The number of rotatable bonds is 6. The van der Waals surface area contributed by atoms with Crippen molar-refractivity contribution in [3.8, 4) is 5.75 Å². The van der Waals surface area contributed by atoms with Crippen molar-refractivity contribution in [2.75, 3.05) is 18.2 Å². The SMILES string of the molecule is CCCSc1nnc(NC(=O)c2cccc(OC)c2)s1. The average Bonchev–Trinajstić information content (AvgIpc) is 2.92. The van der Waals surface area contributed by atoms with Gasteiger partial charge in [-0.2, -0.15) is 0 Å². The molecule has 2 aromatic rings. The van der Waals surface area contributed by atoms with Gasteiger partial charge in [-0.05, 0) is 24.6 Å². The monoisotopic (exact) mass is 309 g/mol. The smallest absolute Gasteiger partial charge is 0.257 e. The summed E-state index contributed by atoms with van der Waals surface area (Å²) >= 11 is 3.03. The fraction of sp³-hybridized carbons (Fsp3) is 0.308. The zero-order chi connectivity index (χ0) is 14.4. The van der Waals surface area contributed by atoms with Gasteiger partial charge in [-0.25, -0.2) is 0 Å². The summed E-state index contributed by atoms with van der Waals surface area (Å²) in [6, 6.07) is 6.98. The molecule has 0 aliphatic carbocycles. The third-order valence-corrected chi connectivity index (χ3v) is 4.57. The molecule has 7 heteroatoms. The van der Waals surface area contributed by atoms with Crippen LogP contribution in [0.5, 0.6) is 5.75 Å². The maximum Gasteiger partial charge on any atom is 0.257 e. The molecule has 0 atom stereocenters. The Hall–Kier alpha value is -1.60. The molecular weight excluding hydrogens is 294 g/mol. The van der Waals surface area contributed by atoms with E-state index in [-0.39, 0.29) is 5.91 Å². The molecule has 1 heterocycles. The summed E-state index contributed by atoms with van der Waals surface area (Å²) in [6.45, 7) is 2.11. The zero-order valence-corrected chi connectivity index (χ0v) is 12.9. The van der Waals surface area contributed by atoms with Crippen molar-refractivity contribution in [2.45, 2.75) is 17.7 Å². The van der Waals surface area contributed by atoms with Gasteiger partial charge in [0.15, 0.2) is 4.34 Å². The number of hydrogen-bond donors (Lipinski definition) is 1. The summed E-state index contributed by atoms with van der Waals surface area (Å²) < 4.78 is 5.96. The highest BCUT2D eigenvalue weighted by Crippen LogP contribution is 2.26. The van der Waals surface area contributed by atoms with E-state index in [4.69, 9.17) is 4.74 Å². The van der Waals surface area contributed by atoms with E-state index in [0.717, 1.165) is 16.5 Å². The van der Waals surface area contributed by atoms with E-state index in [1.165, 1.54) is 11.3 Å². The first-order valence-corrected chi connectivity index (χ1v) is 7.95. The Bertz CT molecular complexity index is 587. The summed E-state index contributed by atoms with van der Waals surface area (Å²) in [4.78, 5) is 12.1. The minimum Gasteiger partial charge on any atom is -0.497 e. The van der Waals surface area contributed by atoms with Crippen molar-refractivity contribution in [2.24, 2.45) is 0 Å². The van der Waals surface area contributed by atoms with Crippen LogP contribution in [0.25, 0.3) is 0 Å². The number of hydrogen-bond acceptors (Lipinski definition) is 6. The van der Waals surface area contributed by atoms with E-state index < -0.39 is 0 Å². The summed E-state index contributed by atoms with van der Waals surface area (Å²) in [6.07, 6.45) is 1.08. The summed E-state index contributed by atoms with van der Waals surface area (Å²) in [5.41, 5.74) is 0.530. The zero-order valence-electron chi connectivity index (χ0n) is 11.3. The Morgan fingerprint density at radius 3 is 3.05 bits per heavy atom. The fourth-order valence-electron chi connectivity index (χ4n) is 1.44. The van der Waals surface area contributed by atoms with Gasteiger partial charge < -0.3 is 4.74 Å². The first-order valence-electron chi connectivity index (χ1n) is 6.14. The topological polar surface area (TPSA) is 64.1 Å². The summed E-state index contributed by atoms with van der Waals surface area (Å²) in [5.74, 6) is 1.43. The molecule has 0 fully saturated rings. The van der Waals surface area contributed by atoms with Gasteiger partial charge in [0.1, 0.15) is 5.75 Å². The molecule has 1 N–H and O–H groups in total. The Kier molecular flexibility index (Phi) is 5.37. The number of ether oxygens (including phenoxy) is 1. The number of nitrogens with one attached hydrogen (secondary N) is 1. The molecule has 0 saturated carbocycles. The third kappa shape index (κ3) is 3.94. The number of benzene rings is 1. The molecule has 0 aliphatic heterocycles. The average molecular weight is 309 g/mol. The van der Waals surface area contributed by atoms with Gasteiger partial charge in [0.05, 0.1) is 7.11 Å². The molecular formula is C13H15N3O2S2. The normalized spacial score (nSPS) is 10.3. The predicted octanol–water partition coefficient (Wildman–Crippen LogP) is 3.30. The van der Waals surface area contributed by atoms with Crippen molar-refractivity contribution < 1.29 is 9.53 Å². The lowest BCUT2D eigenvalue weighted by molar-refractivity contribution is 0.102. The lowest BCUT2D eigenvalue weighted by Crippen LogP contribution is -2.11. The molecule has 0 unspecified atom stereocenters. The van der Waals surface area contributed by atoms with Crippen LogP contribution in [-0.4, -0.2) is 29.0 Å².